The van der Waals surface area contributed by atoms with Crippen molar-refractivity contribution in [3.63, 3.8) is 0 Å². The molecule has 0 aliphatic heterocycles. The van der Waals surface area contributed by atoms with Crippen LogP contribution in [-0.2, 0) is 0 Å². The second-order valence-electron chi connectivity index (χ2n) is 4.58. The van der Waals surface area contributed by atoms with Crippen LogP contribution in [0.15, 0.2) is 34.1 Å². The van der Waals surface area contributed by atoms with Crippen molar-refractivity contribution in [3.05, 3.63) is 39.7 Å². The first kappa shape index (κ1) is 14.5. The van der Waals surface area contributed by atoms with Crippen LogP contribution in [0.25, 0.3) is 6.08 Å². The summed E-state index contributed by atoms with van der Waals surface area (Å²) >= 11 is 2.32. The maximum atomic E-state index is 5.36. The molecular weight excluding hydrogens is 291 g/mol. The SMILES string of the molecule is C#CC[Se]/C(=C\c1ccccc1)SC(C)(C)C. The number of rotatable bonds is 4. The van der Waals surface area contributed by atoms with Gasteiger partial charge in [-0.15, -0.1) is 0 Å². The van der Waals surface area contributed by atoms with Crippen molar-refractivity contribution in [1.29, 1.82) is 0 Å². The summed E-state index contributed by atoms with van der Waals surface area (Å²) in [5.74, 6) is 2.74. The number of hydrogen-bond donors (Lipinski definition) is 0. The number of benzene rings is 1. The zero-order valence-corrected chi connectivity index (χ0v) is 13.1. The van der Waals surface area contributed by atoms with Crippen LogP contribution in [-0.4, -0.2) is 19.7 Å². The Hall–Kier alpha value is -0.611. The van der Waals surface area contributed by atoms with Gasteiger partial charge in [-0.05, 0) is 0 Å². The van der Waals surface area contributed by atoms with Crippen LogP contribution in [0.5, 0.6) is 0 Å². The fourth-order valence-electron chi connectivity index (χ4n) is 1.20. The van der Waals surface area contributed by atoms with Crippen molar-refractivity contribution < 1.29 is 0 Å². The Morgan fingerprint density at radius 2 is 2.00 bits per heavy atom. The van der Waals surface area contributed by atoms with E-state index >= 15 is 0 Å². The van der Waals surface area contributed by atoms with E-state index in [2.05, 4.69) is 57.0 Å². The van der Waals surface area contributed by atoms with Gasteiger partial charge in [0.2, 0.25) is 0 Å². The van der Waals surface area contributed by atoms with Crippen LogP contribution < -0.4 is 0 Å². The Bertz CT molecular complexity index is 407. The number of hydrogen-bond acceptors (Lipinski definition) is 1. The first-order valence-electron chi connectivity index (χ1n) is 5.53. The quantitative estimate of drug-likeness (QED) is 0.591. The second kappa shape index (κ2) is 6.96. The van der Waals surface area contributed by atoms with Gasteiger partial charge in [-0.3, -0.25) is 0 Å². The minimum atomic E-state index is 0.247. The van der Waals surface area contributed by atoms with Crippen molar-refractivity contribution in [2.45, 2.75) is 30.8 Å². The Labute approximate surface area is 115 Å². The topological polar surface area (TPSA) is 0 Å². The van der Waals surface area contributed by atoms with E-state index in [0.717, 1.165) is 5.32 Å². The Morgan fingerprint density at radius 3 is 2.53 bits per heavy atom. The summed E-state index contributed by atoms with van der Waals surface area (Å²) in [5, 5.41) is 0.870. The van der Waals surface area contributed by atoms with Gasteiger partial charge in [-0.1, -0.05) is 0 Å². The molecule has 1 rings (SSSR count). The molecule has 0 bridgehead atoms. The van der Waals surface area contributed by atoms with E-state index < -0.39 is 0 Å². The summed E-state index contributed by atoms with van der Waals surface area (Å²) in [6.07, 6.45) is 7.63. The summed E-state index contributed by atoms with van der Waals surface area (Å²) in [5.41, 5.74) is 1.26. The molecule has 0 amide bonds. The predicted octanol–water partition coefficient (Wildman–Crippen LogP) is 4.27. The second-order valence-corrected chi connectivity index (χ2v) is 9.17. The van der Waals surface area contributed by atoms with Gasteiger partial charge in [-0.2, -0.15) is 0 Å². The summed E-state index contributed by atoms with van der Waals surface area (Å²) in [4.78, 5) is 0. The first-order valence-corrected chi connectivity index (χ1v) is 8.42. The molecule has 90 valence electrons. The molecule has 0 saturated heterocycles. The van der Waals surface area contributed by atoms with E-state index in [0.29, 0.717) is 15.0 Å². The zero-order valence-electron chi connectivity index (χ0n) is 10.6. The molecule has 0 N–H and O–H groups in total. The van der Waals surface area contributed by atoms with Crippen LogP contribution in [0.1, 0.15) is 26.3 Å². The summed E-state index contributed by atoms with van der Waals surface area (Å²) in [7, 11) is 0. The van der Waals surface area contributed by atoms with E-state index in [1.54, 1.807) is 0 Å². The van der Waals surface area contributed by atoms with E-state index in [4.69, 9.17) is 6.42 Å². The van der Waals surface area contributed by atoms with Gasteiger partial charge in [0, 0.05) is 0 Å². The molecule has 0 fully saturated rings. The third-order valence-electron chi connectivity index (χ3n) is 1.79. The molecule has 1 aromatic carbocycles. The molecule has 0 aliphatic rings. The van der Waals surface area contributed by atoms with E-state index in [1.165, 1.54) is 9.37 Å². The fraction of sp³-hybridized carbons (Fsp3) is 0.333. The fourth-order valence-corrected chi connectivity index (χ4v) is 5.24. The van der Waals surface area contributed by atoms with Crippen molar-refractivity contribution in [1.82, 2.24) is 0 Å². The molecule has 0 nitrogen and oxygen atoms in total. The summed E-state index contributed by atoms with van der Waals surface area (Å²) < 4.78 is 1.67. The van der Waals surface area contributed by atoms with E-state index in [1.807, 2.05) is 17.8 Å². The van der Waals surface area contributed by atoms with Gasteiger partial charge >= 0.3 is 116 Å². The van der Waals surface area contributed by atoms with Crippen LogP contribution in [0.2, 0.25) is 5.32 Å². The van der Waals surface area contributed by atoms with Gasteiger partial charge < -0.3 is 0 Å². The molecule has 0 radical (unpaired) electrons. The maximum absolute atomic E-state index is 5.36. The monoisotopic (exact) mass is 310 g/mol. The third-order valence-corrected chi connectivity index (χ3v) is 5.35. The predicted molar refractivity (Wildman–Crippen MR) is 81.2 cm³/mol. The Balaban J connectivity index is 2.83. The van der Waals surface area contributed by atoms with Gasteiger partial charge in [0.05, 0.1) is 0 Å². The van der Waals surface area contributed by atoms with Crippen LogP contribution in [0.4, 0.5) is 0 Å². The standard InChI is InChI=1S/C15H18SSe/c1-5-11-17-14(16-15(2,3)4)12-13-9-7-6-8-10-13/h1,6-10,12H,11H2,2-4H3/b14-12-. The molecule has 0 spiro atoms. The van der Waals surface area contributed by atoms with Gasteiger partial charge in [0.15, 0.2) is 0 Å². The Morgan fingerprint density at radius 1 is 1.35 bits per heavy atom. The minimum absolute atomic E-state index is 0.247. The van der Waals surface area contributed by atoms with E-state index in [-0.39, 0.29) is 4.75 Å². The van der Waals surface area contributed by atoms with Gasteiger partial charge in [-0.25, -0.2) is 0 Å². The van der Waals surface area contributed by atoms with Crippen LogP contribution in [0, 0.1) is 12.3 Å². The zero-order chi connectivity index (χ0) is 12.7. The van der Waals surface area contributed by atoms with Gasteiger partial charge in [0.1, 0.15) is 0 Å². The molecule has 17 heavy (non-hydrogen) atoms. The molecule has 0 aromatic heterocycles. The summed E-state index contributed by atoms with van der Waals surface area (Å²) in [6, 6.07) is 10.4. The first-order chi connectivity index (χ1) is 8.01. The average Bonchev–Trinajstić information content (AvgIpc) is 2.25. The normalized spacial score (nSPS) is 12.2. The molecule has 0 atom stereocenters. The molecule has 0 heterocycles. The van der Waals surface area contributed by atoms with Gasteiger partial charge in [0.25, 0.3) is 0 Å². The molecule has 2 heteroatoms. The van der Waals surface area contributed by atoms with Crippen molar-refractivity contribution >= 4 is 32.8 Å². The third kappa shape index (κ3) is 6.64. The molecule has 0 unspecified atom stereocenters. The Kier molecular flexibility index (Phi) is 5.92. The molecule has 0 aliphatic carbocycles. The molecule has 0 saturated carbocycles. The van der Waals surface area contributed by atoms with E-state index in [9.17, 15) is 0 Å². The van der Waals surface area contributed by atoms with Crippen LogP contribution in [0.3, 0.4) is 0 Å². The summed E-state index contributed by atoms with van der Waals surface area (Å²) in [6.45, 7) is 6.72. The van der Waals surface area contributed by atoms with Crippen LogP contribution >= 0.6 is 11.8 Å². The molecule has 1 aromatic rings. The number of terminal acetylenes is 1. The average molecular weight is 309 g/mol. The number of thioether (sulfide) groups is 1. The van der Waals surface area contributed by atoms with Crippen molar-refractivity contribution in [3.8, 4) is 12.3 Å². The van der Waals surface area contributed by atoms with Crippen molar-refractivity contribution in [2.75, 3.05) is 0 Å². The van der Waals surface area contributed by atoms with Crippen molar-refractivity contribution in [2.24, 2.45) is 0 Å². The molecular formula is C15H18SSe.